The number of hydrogen-bond acceptors (Lipinski definition) is 6. The molecule has 3 aromatic rings. The van der Waals surface area contributed by atoms with Gasteiger partial charge >= 0.3 is 5.92 Å². The Kier molecular flexibility index (Phi) is 6.08. The SMILES string of the molecule is Cc1nc(C(F)(F)CF)cc(-c2ccnc3cc(CN4C(=O)C5C(C4=O)C5(C)C)sc23)c1NC(=O)C1CC(F)(F)C1. The number of hydrogen-bond donors (Lipinski definition) is 1. The molecular formula is C28H25F5N4O3S. The number of imide groups is 1. The summed E-state index contributed by atoms with van der Waals surface area (Å²) in [4.78, 5) is 48.5. The van der Waals surface area contributed by atoms with Crippen molar-refractivity contribution in [1.29, 1.82) is 0 Å². The average molecular weight is 593 g/mol. The summed E-state index contributed by atoms with van der Waals surface area (Å²) in [6.07, 6.45) is 0.178. The average Bonchev–Trinajstić information content (AvgIpc) is 3.13. The summed E-state index contributed by atoms with van der Waals surface area (Å²) in [5.74, 6) is -9.64. The summed E-state index contributed by atoms with van der Waals surface area (Å²) in [5, 5.41) is 2.59. The van der Waals surface area contributed by atoms with Crippen LogP contribution >= 0.6 is 11.3 Å². The van der Waals surface area contributed by atoms with Crippen molar-refractivity contribution >= 4 is 45.0 Å². The first kappa shape index (κ1) is 27.7. The molecule has 41 heavy (non-hydrogen) atoms. The highest BCUT2D eigenvalue weighted by Gasteiger charge is 2.72. The number of thiophene rings is 1. The first-order chi connectivity index (χ1) is 19.1. The molecule has 2 saturated carbocycles. The van der Waals surface area contributed by atoms with Crippen molar-refractivity contribution in [2.24, 2.45) is 23.2 Å². The predicted octanol–water partition coefficient (Wildman–Crippen LogP) is 5.85. The molecule has 3 aromatic heterocycles. The van der Waals surface area contributed by atoms with Crippen LogP contribution in [-0.2, 0) is 26.9 Å². The van der Waals surface area contributed by atoms with E-state index >= 15 is 0 Å². The quantitative estimate of drug-likeness (QED) is 0.275. The first-order valence-corrected chi connectivity index (χ1v) is 13.8. The van der Waals surface area contributed by atoms with E-state index in [1.807, 2.05) is 13.8 Å². The number of rotatable bonds is 7. The van der Waals surface area contributed by atoms with Crippen molar-refractivity contribution < 1.29 is 36.3 Å². The van der Waals surface area contributed by atoms with Gasteiger partial charge in [-0.2, -0.15) is 8.78 Å². The Morgan fingerprint density at radius 3 is 2.41 bits per heavy atom. The lowest BCUT2D eigenvalue weighted by molar-refractivity contribution is -0.145. The molecule has 0 aromatic carbocycles. The molecule has 0 spiro atoms. The molecule has 13 heteroatoms. The van der Waals surface area contributed by atoms with Crippen molar-refractivity contribution in [2.75, 3.05) is 12.0 Å². The fourth-order valence-corrected chi connectivity index (χ4v) is 7.09. The third kappa shape index (κ3) is 4.39. The third-order valence-corrected chi connectivity index (χ3v) is 9.55. The zero-order chi connectivity index (χ0) is 29.6. The van der Waals surface area contributed by atoms with Crippen molar-refractivity contribution in [3.8, 4) is 11.1 Å². The molecule has 6 rings (SSSR count). The Morgan fingerprint density at radius 1 is 1.15 bits per heavy atom. The minimum absolute atomic E-state index is 0.0290. The molecule has 1 aliphatic heterocycles. The van der Waals surface area contributed by atoms with Crippen LogP contribution in [0.1, 0.15) is 43.0 Å². The maximum atomic E-state index is 14.5. The lowest BCUT2D eigenvalue weighted by atomic mass is 9.80. The fraction of sp³-hybridized carbons (Fsp3) is 0.464. The number of aromatic nitrogens is 2. The number of anilines is 1. The lowest BCUT2D eigenvalue weighted by Crippen LogP contribution is -2.42. The van der Waals surface area contributed by atoms with Gasteiger partial charge in [-0.15, -0.1) is 11.3 Å². The molecule has 0 bridgehead atoms. The molecule has 2 atom stereocenters. The summed E-state index contributed by atoms with van der Waals surface area (Å²) in [5.41, 5.74) is -0.287. The molecule has 2 aliphatic carbocycles. The van der Waals surface area contributed by atoms with E-state index in [0.717, 1.165) is 6.07 Å². The summed E-state index contributed by atoms with van der Waals surface area (Å²) >= 11 is 1.20. The molecule has 3 aliphatic rings. The Morgan fingerprint density at radius 2 is 1.80 bits per heavy atom. The van der Waals surface area contributed by atoms with Crippen molar-refractivity contribution in [3.63, 3.8) is 0 Å². The number of aryl methyl sites for hydroxylation is 1. The van der Waals surface area contributed by atoms with E-state index in [0.29, 0.717) is 20.7 Å². The predicted molar refractivity (Wildman–Crippen MR) is 140 cm³/mol. The van der Waals surface area contributed by atoms with E-state index in [1.54, 1.807) is 6.07 Å². The number of alkyl halides is 5. The number of halogens is 5. The van der Waals surface area contributed by atoms with Crippen LogP contribution in [0.2, 0.25) is 0 Å². The maximum absolute atomic E-state index is 14.5. The van der Waals surface area contributed by atoms with E-state index < -0.39 is 48.9 Å². The van der Waals surface area contributed by atoms with Gasteiger partial charge in [0.05, 0.1) is 40.0 Å². The number of carbonyl (C=O) groups is 3. The van der Waals surface area contributed by atoms with Gasteiger partial charge in [0.2, 0.25) is 23.6 Å². The van der Waals surface area contributed by atoms with Gasteiger partial charge in [-0.3, -0.25) is 24.3 Å². The van der Waals surface area contributed by atoms with Crippen LogP contribution < -0.4 is 5.32 Å². The smallest absolute Gasteiger partial charge is 0.317 e. The molecule has 216 valence electrons. The molecule has 7 nitrogen and oxygen atoms in total. The van der Waals surface area contributed by atoms with Gasteiger partial charge in [-0.05, 0) is 30.5 Å². The molecule has 1 saturated heterocycles. The Labute approximate surface area is 235 Å². The standard InChI is InChI=1S/C28H25F5N4O3S/c1-12-21(36-23(38)13-8-27(30,31)9-13)16(7-18(35-12)28(32,33)11-29)15-4-5-34-17-6-14(41-22(15)17)10-37-24(39)19-20(25(37)40)26(19,2)3/h4-7,13,19-20H,8-11H2,1-3H3,(H,36,38). The van der Waals surface area contributed by atoms with Gasteiger partial charge in [0, 0.05) is 41.0 Å². The molecule has 3 amide bonds. The Balaban J connectivity index is 1.39. The number of amides is 3. The number of piperidine rings is 1. The summed E-state index contributed by atoms with van der Waals surface area (Å²) < 4.78 is 69.5. The van der Waals surface area contributed by atoms with Crippen LogP contribution in [-0.4, -0.2) is 45.2 Å². The molecule has 3 fully saturated rings. The van der Waals surface area contributed by atoms with Crippen molar-refractivity contribution in [2.45, 2.75) is 52.0 Å². The molecule has 1 N–H and O–H groups in total. The van der Waals surface area contributed by atoms with Gasteiger partial charge in [0.25, 0.3) is 0 Å². The van der Waals surface area contributed by atoms with Gasteiger partial charge < -0.3 is 5.32 Å². The van der Waals surface area contributed by atoms with E-state index in [-0.39, 0.29) is 52.6 Å². The second kappa shape index (κ2) is 9.01. The van der Waals surface area contributed by atoms with Crippen LogP contribution in [0.25, 0.3) is 21.3 Å². The number of fused-ring (bicyclic) bond motifs is 2. The van der Waals surface area contributed by atoms with E-state index in [4.69, 9.17) is 0 Å². The van der Waals surface area contributed by atoms with Crippen LogP contribution in [0.4, 0.5) is 27.6 Å². The van der Waals surface area contributed by atoms with E-state index in [1.165, 1.54) is 35.4 Å². The fourth-order valence-electron chi connectivity index (χ4n) is 5.96. The monoisotopic (exact) mass is 592 g/mol. The van der Waals surface area contributed by atoms with Gasteiger partial charge in [-0.1, -0.05) is 13.8 Å². The van der Waals surface area contributed by atoms with Crippen molar-refractivity contribution in [1.82, 2.24) is 14.9 Å². The minimum Gasteiger partial charge on any atom is -0.324 e. The molecular weight excluding hydrogens is 567 g/mol. The van der Waals surface area contributed by atoms with Crippen molar-refractivity contribution in [3.05, 3.63) is 40.7 Å². The highest BCUT2D eigenvalue weighted by atomic mass is 32.1. The van der Waals surface area contributed by atoms with Crippen LogP contribution in [0.5, 0.6) is 0 Å². The number of likely N-dealkylation sites (tertiary alicyclic amines) is 1. The number of nitrogens with zero attached hydrogens (tertiary/aromatic N) is 3. The second-order valence-electron chi connectivity index (χ2n) is 11.6. The van der Waals surface area contributed by atoms with Crippen LogP contribution in [0.3, 0.4) is 0 Å². The molecule has 4 heterocycles. The van der Waals surface area contributed by atoms with E-state index in [9.17, 15) is 36.3 Å². The number of nitrogens with one attached hydrogen (secondary N) is 1. The second-order valence-corrected chi connectivity index (χ2v) is 12.8. The first-order valence-electron chi connectivity index (χ1n) is 13.0. The normalized spacial score (nSPS) is 23.1. The zero-order valence-corrected chi connectivity index (χ0v) is 23.1. The molecule has 2 unspecified atom stereocenters. The zero-order valence-electron chi connectivity index (χ0n) is 22.2. The van der Waals surface area contributed by atoms with Gasteiger partial charge in [-0.25, -0.2) is 18.2 Å². The third-order valence-electron chi connectivity index (χ3n) is 8.41. The van der Waals surface area contributed by atoms with Gasteiger partial charge in [0.1, 0.15) is 5.69 Å². The summed E-state index contributed by atoms with van der Waals surface area (Å²) in [6.45, 7) is 3.17. The minimum atomic E-state index is -3.91. The largest absolute Gasteiger partial charge is 0.324 e. The summed E-state index contributed by atoms with van der Waals surface area (Å²) in [7, 11) is 0. The summed E-state index contributed by atoms with van der Waals surface area (Å²) in [6, 6.07) is 4.21. The maximum Gasteiger partial charge on any atom is 0.317 e. The highest BCUT2D eigenvalue weighted by Crippen LogP contribution is 2.63. The topological polar surface area (TPSA) is 92.3 Å². The Bertz CT molecular complexity index is 1610. The molecule has 0 radical (unpaired) electrons. The lowest BCUT2D eigenvalue weighted by Gasteiger charge is -2.34. The van der Waals surface area contributed by atoms with Gasteiger partial charge in [0.15, 0.2) is 6.67 Å². The number of carbonyl (C=O) groups excluding carboxylic acids is 3. The van der Waals surface area contributed by atoms with Crippen LogP contribution in [0.15, 0.2) is 24.4 Å². The Hall–Kier alpha value is -3.48. The van der Waals surface area contributed by atoms with Crippen LogP contribution in [0, 0.1) is 30.1 Å². The number of pyridine rings is 2. The van der Waals surface area contributed by atoms with E-state index in [2.05, 4.69) is 15.3 Å². The highest BCUT2D eigenvalue weighted by molar-refractivity contribution is 7.19.